The second kappa shape index (κ2) is 4.19. The number of carbonyl (C=O) groups is 2. The molecule has 5 nitrogen and oxygen atoms in total. The number of amides is 2. The van der Waals surface area contributed by atoms with Crippen molar-refractivity contribution in [3.63, 3.8) is 0 Å². The SMILES string of the molecule is C/C(Cl)=C/CON1C(=O)[C@H]2[C@H](C1=O)[C@H]1C=C[C@@H]2O1. The number of nitrogens with zero attached hydrogens (tertiary/aromatic N) is 1. The van der Waals surface area contributed by atoms with Crippen molar-refractivity contribution in [3.05, 3.63) is 23.3 Å². The van der Waals surface area contributed by atoms with E-state index in [0.717, 1.165) is 5.06 Å². The molecule has 0 saturated carbocycles. The zero-order valence-corrected chi connectivity index (χ0v) is 10.5. The van der Waals surface area contributed by atoms with Crippen LogP contribution >= 0.6 is 11.6 Å². The van der Waals surface area contributed by atoms with Crippen LogP contribution in [0.1, 0.15) is 6.92 Å². The maximum absolute atomic E-state index is 12.1. The first-order valence-corrected chi connectivity index (χ1v) is 6.14. The topological polar surface area (TPSA) is 55.8 Å². The predicted molar refractivity (Wildman–Crippen MR) is 62.2 cm³/mol. The van der Waals surface area contributed by atoms with E-state index in [0.29, 0.717) is 5.03 Å². The van der Waals surface area contributed by atoms with Crippen molar-refractivity contribution in [2.75, 3.05) is 6.61 Å². The Morgan fingerprint density at radius 3 is 2.44 bits per heavy atom. The summed E-state index contributed by atoms with van der Waals surface area (Å²) < 4.78 is 5.50. The molecular formula is C12H12ClNO4. The van der Waals surface area contributed by atoms with Crippen molar-refractivity contribution in [3.8, 4) is 0 Å². The van der Waals surface area contributed by atoms with Gasteiger partial charge in [-0.2, -0.15) is 5.06 Å². The predicted octanol–water partition coefficient (Wildman–Crippen LogP) is 0.999. The summed E-state index contributed by atoms with van der Waals surface area (Å²) >= 11 is 5.65. The van der Waals surface area contributed by atoms with E-state index in [1.165, 1.54) is 0 Å². The molecule has 2 bridgehead atoms. The summed E-state index contributed by atoms with van der Waals surface area (Å²) in [5, 5.41) is 1.42. The molecule has 0 radical (unpaired) electrons. The molecule has 2 saturated heterocycles. The Labute approximate surface area is 109 Å². The van der Waals surface area contributed by atoms with Crippen LogP contribution in [-0.4, -0.2) is 35.7 Å². The van der Waals surface area contributed by atoms with E-state index in [2.05, 4.69) is 0 Å². The third-order valence-corrected chi connectivity index (χ3v) is 3.59. The first-order valence-electron chi connectivity index (χ1n) is 5.76. The Bertz CT molecular complexity index is 439. The first kappa shape index (κ1) is 11.9. The van der Waals surface area contributed by atoms with E-state index in [1.54, 1.807) is 13.0 Å². The van der Waals surface area contributed by atoms with Crippen LogP contribution in [0.5, 0.6) is 0 Å². The van der Waals surface area contributed by atoms with Gasteiger partial charge in [0.05, 0.1) is 30.7 Å². The monoisotopic (exact) mass is 269 g/mol. The van der Waals surface area contributed by atoms with Crippen molar-refractivity contribution < 1.29 is 19.2 Å². The molecule has 6 heteroatoms. The zero-order chi connectivity index (χ0) is 12.9. The fraction of sp³-hybridized carbons (Fsp3) is 0.500. The number of hydrogen-bond acceptors (Lipinski definition) is 4. The molecule has 0 aromatic rings. The van der Waals surface area contributed by atoms with Crippen LogP contribution in [0.25, 0.3) is 0 Å². The third kappa shape index (κ3) is 1.62. The van der Waals surface area contributed by atoms with Crippen molar-refractivity contribution >= 4 is 23.4 Å². The molecule has 3 aliphatic rings. The standard InChI is InChI=1S/C12H12ClNO4/c1-6(13)4-5-17-14-11(15)9-7-2-3-8(18-7)10(9)12(14)16/h2-4,7-10H,5H2,1H3/b6-4-/t7-,8+,9-,10-/m1/s1. The summed E-state index contributed by atoms with van der Waals surface area (Å²) in [6.45, 7) is 1.81. The largest absolute Gasteiger partial charge is 0.365 e. The summed E-state index contributed by atoms with van der Waals surface area (Å²) in [5.41, 5.74) is 0. The molecule has 0 aliphatic carbocycles. The third-order valence-electron chi connectivity index (χ3n) is 3.44. The number of fused-ring (bicyclic) bond motifs is 5. The van der Waals surface area contributed by atoms with Gasteiger partial charge in [-0.25, -0.2) is 0 Å². The number of ether oxygens (including phenoxy) is 1. The maximum Gasteiger partial charge on any atom is 0.260 e. The number of rotatable bonds is 3. The summed E-state index contributed by atoms with van der Waals surface area (Å²) in [6.07, 6.45) is 4.71. The second-order valence-corrected chi connectivity index (χ2v) is 5.16. The molecule has 2 amide bonds. The van der Waals surface area contributed by atoms with Crippen molar-refractivity contribution in [1.82, 2.24) is 5.06 Å². The number of allylic oxidation sites excluding steroid dienone is 1. The van der Waals surface area contributed by atoms with Crippen LogP contribution in [-0.2, 0) is 19.2 Å². The minimum atomic E-state index is -0.423. The van der Waals surface area contributed by atoms with Crippen LogP contribution in [0, 0.1) is 11.8 Å². The van der Waals surface area contributed by atoms with Crippen LogP contribution in [0.4, 0.5) is 0 Å². The van der Waals surface area contributed by atoms with Gasteiger partial charge in [-0.15, -0.1) is 0 Å². The fourth-order valence-corrected chi connectivity index (χ4v) is 2.69. The van der Waals surface area contributed by atoms with E-state index < -0.39 is 11.8 Å². The van der Waals surface area contributed by atoms with E-state index in [4.69, 9.17) is 21.2 Å². The Balaban J connectivity index is 1.74. The summed E-state index contributed by atoms with van der Waals surface area (Å²) in [6, 6.07) is 0. The molecule has 0 aromatic carbocycles. The minimum Gasteiger partial charge on any atom is -0.365 e. The van der Waals surface area contributed by atoms with Crippen LogP contribution in [0.3, 0.4) is 0 Å². The van der Waals surface area contributed by atoms with Gasteiger partial charge in [0, 0.05) is 5.03 Å². The average molecular weight is 270 g/mol. The van der Waals surface area contributed by atoms with Crippen molar-refractivity contribution in [1.29, 1.82) is 0 Å². The number of carbonyl (C=O) groups excluding carboxylic acids is 2. The Morgan fingerprint density at radius 1 is 1.39 bits per heavy atom. The number of hydrogen-bond donors (Lipinski definition) is 0. The Hall–Kier alpha value is -1.17. The van der Waals surface area contributed by atoms with E-state index in [9.17, 15) is 9.59 Å². The lowest BCUT2D eigenvalue weighted by atomic mass is 9.85. The second-order valence-electron chi connectivity index (χ2n) is 4.56. The van der Waals surface area contributed by atoms with Gasteiger partial charge in [-0.3, -0.25) is 14.4 Å². The van der Waals surface area contributed by atoms with Gasteiger partial charge in [-0.1, -0.05) is 23.8 Å². The van der Waals surface area contributed by atoms with Gasteiger partial charge < -0.3 is 4.74 Å². The van der Waals surface area contributed by atoms with Gasteiger partial charge in [-0.05, 0) is 13.0 Å². The Morgan fingerprint density at radius 2 is 1.94 bits per heavy atom. The molecule has 0 N–H and O–H groups in total. The van der Waals surface area contributed by atoms with Gasteiger partial charge in [0.1, 0.15) is 0 Å². The lowest BCUT2D eigenvalue weighted by Crippen LogP contribution is -2.34. The highest BCUT2D eigenvalue weighted by Gasteiger charge is 2.61. The average Bonchev–Trinajstić information content (AvgIpc) is 2.97. The van der Waals surface area contributed by atoms with E-state index in [-0.39, 0.29) is 30.6 Å². The number of hydroxylamine groups is 2. The maximum atomic E-state index is 12.1. The smallest absolute Gasteiger partial charge is 0.260 e. The van der Waals surface area contributed by atoms with Crippen molar-refractivity contribution in [2.24, 2.45) is 11.8 Å². The molecule has 18 heavy (non-hydrogen) atoms. The minimum absolute atomic E-state index is 0.107. The van der Waals surface area contributed by atoms with Crippen LogP contribution in [0.2, 0.25) is 0 Å². The van der Waals surface area contributed by atoms with Crippen molar-refractivity contribution in [2.45, 2.75) is 19.1 Å². The highest BCUT2D eigenvalue weighted by Crippen LogP contribution is 2.45. The molecule has 3 heterocycles. The summed E-state index contributed by atoms with van der Waals surface area (Å²) in [4.78, 5) is 29.3. The summed E-state index contributed by atoms with van der Waals surface area (Å²) in [7, 11) is 0. The molecule has 96 valence electrons. The first-order chi connectivity index (χ1) is 8.59. The highest BCUT2D eigenvalue weighted by atomic mass is 35.5. The van der Waals surface area contributed by atoms with Crippen LogP contribution in [0.15, 0.2) is 23.3 Å². The van der Waals surface area contributed by atoms with Gasteiger partial charge in [0.15, 0.2) is 0 Å². The zero-order valence-electron chi connectivity index (χ0n) is 9.71. The molecule has 0 unspecified atom stereocenters. The molecule has 3 aliphatic heterocycles. The quantitative estimate of drug-likeness (QED) is 0.567. The van der Waals surface area contributed by atoms with E-state index >= 15 is 0 Å². The highest BCUT2D eigenvalue weighted by molar-refractivity contribution is 6.29. The molecule has 4 atom stereocenters. The molecular weight excluding hydrogens is 258 g/mol. The van der Waals surface area contributed by atoms with Gasteiger partial charge >= 0.3 is 0 Å². The van der Waals surface area contributed by atoms with E-state index in [1.807, 2.05) is 12.2 Å². The lowest BCUT2D eigenvalue weighted by molar-refractivity contribution is -0.188. The molecule has 0 aromatic heterocycles. The fourth-order valence-electron chi connectivity index (χ4n) is 2.63. The molecule has 2 fully saturated rings. The van der Waals surface area contributed by atoms with Crippen LogP contribution < -0.4 is 0 Å². The Kier molecular flexibility index (Phi) is 2.77. The molecule has 3 rings (SSSR count). The van der Waals surface area contributed by atoms with Gasteiger partial charge in [0.25, 0.3) is 11.8 Å². The number of halogens is 1. The lowest BCUT2D eigenvalue weighted by Gasteiger charge is -2.15. The summed E-state index contributed by atoms with van der Waals surface area (Å²) in [5.74, 6) is -1.48. The molecule has 0 spiro atoms. The number of imide groups is 1. The van der Waals surface area contributed by atoms with Gasteiger partial charge in [0.2, 0.25) is 0 Å². The normalized spacial score (nSPS) is 37.9.